The molecule has 6 nitrogen and oxygen atoms in total. The molecule has 1 aromatic heterocycles. The highest BCUT2D eigenvalue weighted by Crippen LogP contribution is 2.37. The number of pyridine rings is 1. The summed E-state index contributed by atoms with van der Waals surface area (Å²) in [7, 11) is 0. The minimum Gasteiger partial charge on any atom is -0.487 e. The predicted molar refractivity (Wildman–Crippen MR) is 83.5 cm³/mol. The molecule has 2 rings (SSSR count). The maximum Gasteiger partial charge on any atom is 0.224 e. The van der Waals surface area contributed by atoms with Crippen LogP contribution in [0.25, 0.3) is 0 Å². The molecule has 1 N–H and O–H groups in total. The molecular formula is C16H20N4O2. The van der Waals surface area contributed by atoms with Crippen LogP contribution < -0.4 is 10.1 Å². The summed E-state index contributed by atoms with van der Waals surface area (Å²) in [5.74, 6) is 3.04. The van der Waals surface area contributed by atoms with Gasteiger partial charge in [0.05, 0.1) is 18.0 Å². The number of nitrogens with one attached hydrogen (secondary N) is 1. The highest BCUT2D eigenvalue weighted by molar-refractivity contribution is 5.92. The fourth-order valence-electron chi connectivity index (χ4n) is 2.03. The molecule has 0 atom stereocenters. The standard InChI is InChI=1S/C16H20N4O2/c1-4-5-8-16(19-20-16)9-6-15(21)18-13-7-10-17-11-14(13)22-12(2)3/h1,7,10-12H,5-6,8-9H2,2-3H3,(H,17,18,21). The highest BCUT2D eigenvalue weighted by Gasteiger charge is 2.39. The van der Waals surface area contributed by atoms with Crippen molar-refractivity contribution in [3.63, 3.8) is 0 Å². The summed E-state index contributed by atoms with van der Waals surface area (Å²) in [5.41, 5.74) is 0.190. The van der Waals surface area contributed by atoms with Gasteiger partial charge in [0.1, 0.15) is 0 Å². The first kappa shape index (κ1) is 16.0. The van der Waals surface area contributed by atoms with E-state index in [-0.39, 0.29) is 12.0 Å². The van der Waals surface area contributed by atoms with E-state index in [1.165, 1.54) is 0 Å². The van der Waals surface area contributed by atoms with E-state index in [2.05, 4.69) is 26.4 Å². The molecule has 22 heavy (non-hydrogen) atoms. The van der Waals surface area contributed by atoms with Crippen molar-refractivity contribution >= 4 is 11.6 Å². The fraction of sp³-hybridized carbons (Fsp3) is 0.500. The molecule has 0 aliphatic carbocycles. The van der Waals surface area contributed by atoms with Crippen LogP contribution >= 0.6 is 0 Å². The number of terminal acetylenes is 1. The summed E-state index contributed by atoms with van der Waals surface area (Å²) in [5, 5.41) is 10.9. The molecule has 0 saturated heterocycles. The van der Waals surface area contributed by atoms with Crippen LogP contribution in [0.4, 0.5) is 5.69 Å². The van der Waals surface area contributed by atoms with E-state index in [1.807, 2.05) is 13.8 Å². The Morgan fingerprint density at radius 1 is 1.45 bits per heavy atom. The third-order valence-corrected chi connectivity index (χ3v) is 3.23. The predicted octanol–water partition coefficient (Wildman–Crippen LogP) is 3.16. The monoisotopic (exact) mass is 300 g/mol. The van der Waals surface area contributed by atoms with E-state index < -0.39 is 5.66 Å². The second-order valence-corrected chi connectivity index (χ2v) is 5.47. The minimum atomic E-state index is -0.431. The van der Waals surface area contributed by atoms with Crippen LogP contribution in [0.5, 0.6) is 5.75 Å². The van der Waals surface area contributed by atoms with Gasteiger partial charge in [-0.3, -0.25) is 9.78 Å². The molecule has 1 aliphatic heterocycles. The molecule has 6 heteroatoms. The Morgan fingerprint density at radius 2 is 2.23 bits per heavy atom. The summed E-state index contributed by atoms with van der Waals surface area (Å²) in [6.07, 6.45) is 10.7. The molecule has 0 spiro atoms. The SMILES string of the molecule is C#CCCC1(CCC(=O)Nc2ccncc2OC(C)C)N=N1. The number of rotatable bonds is 8. The van der Waals surface area contributed by atoms with Crippen LogP contribution in [0.2, 0.25) is 0 Å². The number of carbonyl (C=O) groups excluding carboxylic acids is 1. The van der Waals surface area contributed by atoms with E-state index in [0.29, 0.717) is 37.1 Å². The van der Waals surface area contributed by atoms with Gasteiger partial charge in [0.25, 0.3) is 0 Å². The largest absolute Gasteiger partial charge is 0.487 e. The van der Waals surface area contributed by atoms with E-state index >= 15 is 0 Å². The van der Waals surface area contributed by atoms with Gasteiger partial charge in [-0.25, -0.2) is 0 Å². The topological polar surface area (TPSA) is 75.9 Å². The van der Waals surface area contributed by atoms with Crippen LogP contribution in [0.15, 0.2) is 28.7 Å². The zero-order valence-electron chi connectivity index (χ0n) is 12.9. The molecular weight excluding hydrogens is 280 g/mol. The van der Waals surface area contributed by atoms with Crippen molar-refractivity contribution in [1.82, 2.24) is 4.98 Å². The van der Waals surface area contributed by atoms with Gasteiger partial charge in [0, 0.05) is 31.9 Å². The number of hydrogen-bond donors (Lipinski definition) is 1. The second kappa shape index (κ2) is 7.03. The van der Waals surface area contributed by atoms with Crippen molar-refractivity contribution in [1.29, 1.82) is 0 Å². The van der Waals surface area contributed by atoms with E-state index in [4.69, 9.17) is 11.2 Å². The van der Waals surface area contributed by atoms with Gasteiger partial charge in [0.2, 0.25) is 5.91 Å². The Balaban J connectivity index is 1.86. The Morgan fingerprint density at radius 3 is 2.86 bits per heavy atom. The molecule has 0 unspecified atom stereocenters. The number of ether oxygens (including phenoxy) is 1. The Labute approximate surface area is 130 Å². The summed E-state index contributed by atoms with van der Waals surface area (Å²) >= 11 is 0. The lowest BCUT2D eigenvalue weighted by molar-refractivity contribution is -0.116. The highest BCUT2D eigenvalue weighted by atomic mass is 16.5. The first-order valence-electron chi connectivity index (χ1n) is 7.33. The molecule has 1 amide bonds. The average molecular weight is 300 g/mol. The normalized spacial score (nSPS) is 14.5. The second-order valence-electron chi connectivity index (χ2n) is 5.47. The summed E-state index contributed by atoms with van der Waals surface area (Å²) in [4.78, 5) is 16.1. The lowest BCUT2D eigenvalue weighted by Crippen LogP contribution is -2.18. The van der Waals surface area contributed by atoms with Crippen molar-refractivity contribution in [2.24, 2.45) is 10.2 Å². The Kier molecular flexibility index (Phi) is 5.10. The molecule has 0 radical (unpaired) electrons. The summed E-state index contributed by atoms with van der Waals surface area (Å²) < 4.78 is 5.62. The first-order chi connectivity index (χ1) is 10.5. The number of carbonyl (C=O) groups is 1. The van der Waals surface area contributed by atoms with E-state index in [0.717, 1.165) is 0 Å². The van der Waals surface area contributed by atoms with E-state index in [9.17, 15) is 4.79 Å². The smallest absolute Gasteiger partial charge is 0.224 e. The van der Waals surface area contributed by atoms with Gasteiger partial charge in [0.15, 0.2) is 11.4 Å². The number of hydrogen-bond acceptors (Lipinski definition) is 5. The zero-order valence-corrected chi connectivity index (χ0v) is 12.9. The lowest BCUT2D eigenvalue weighted by atomic mass is 10.0. The molecule has 1 aromatic rings. The fourth-order valence-corrected chi connectivity index (χ4v) is 2.03. The van der Waals surface area contributed by atoms with Crippen LogP contribution in [0.3, 0.4) is 0 Å². The quantitative estimate of drug-likeness (QED) is 0.749. The van der Waals surface area contributed by atoms with Gasteiger partial charge in [-0.1, -0.05) is 0 Å². The van der Waals surface area contributed by atoms with Crippen molar-refractivity contribution in [3.8, 4) is 18.1 Å². The molecule has 0 fully saturated rings. The first-order valence-corrected chi connectivity index (χ1v) is 7.33. The van der Waals surface area contributed by atoms with Gasteiger partial charge in [-0.2, -0.15) is 10.2 Å². The Bertz CT molecular complexity index is 598. The summed E-state index contributed by atoms with van der Waals surface area (Å²) in [6.45, 7) is 3.84. The van der Waals surface area contributed by atoms with Gasteiger partial charge in [-0.15, -0.1) is 12.3 Å². The molecule has 0 saturated carbocycles. The number of amides is 1. The molecule has 0 aromatic carbocycles. The van der Waals surface area contributed by atoms with Crippen molar-refractivity contribution in [2.75, 3.05) is 5.32 Å². The molecule has 2 heterocycles. The molecule has 1 aliphatic rings. The van der Waals surface area contributed by atoms with Crippen LogP contribution in [0, 0.1) is 12.3 Å². The summed E-state index contributed by atoms with van der Waals surface area (Å²) in [6, 6.07) is 1.72. The van der Waals surface area contributed by atoms with Gasteiger partial charge < -0.3 is 10.1 Å². The third kappa shape index (κ3) is 4.55. The van der Waals surface area contributed by atoms with Crippen molar-refractivity contribution in [3.05, 3.63) is 18.5 Å². The molecule has 116 valence electrons. The third-order valence-electron chi connectivity index (χ3n) is 3.23. The number of nitrogens with zero attached hydrogens (tertiary/aromatic N) is 3. The number of aromatic nitrogens is 1. The maximum atomic E-state index is 12.1. The van der Waals surface area contributed by atoms with E-state index in [1.54, 1.807) is 18.5 Å². The zero-order chi connectivity index (χ0) is 16.0. The Hall–Kier alpha value is -2.42. The maximum absolute atomic E-state index is 12.1. The average Bonchev–Trinajstić information content (AvgIpc) is 3.25. The van der Waals surface area contributed by atoms with Crippen molar-refractivity contribution < 1.29 is 9.53 Å². The van der Waals surface area contributed by atoms with Crippen LogP contribution in [-0.4, -0.2) is 22.7 Å². The lowest BCUT2D eigenvalue weighted by Gasteiger charge is -2.14. The minimum absolute atomic E-state index is 0.0101. The van der Waals surface area contributed by atoms with Crippen molar-refractivity contribution in [2.45, 2.75) is 51.3 Å². The van der Waals surface area contributed by atoms with Gasteiger partial charge >= 0.3 is 0 Å². The van der Waals surface area contributed by atoms with Gasteiger partial charge in [-0.05, 0) is 19.9 Å². The molecule has 0 bridgehead atoms. The van der Waals surface area contributed by atoms with Crippen LogP contribution in [-0.2, 0) is 4.79 Å². The van der Waals surface area contributed by atoms with Crippen LogP contribution in [0.1, 0.15) is 39.5 Å². The number of anilines is 1.